The molecule has 7 heteroatoms. The first-order valence-electron chi connectivity index (χ1n) is 6.94. The van der Waals surface area contributed by atoms with E-state index in [0.717, 1.165) is 25.3 Å². The Balaban J connectivity index is 2.21. The zero-order chi connectivity index (χ0) is 15.5. The number of nitrogens with one attached hydrogen (secondary N) is 1. The van der Waals surface area contributed by atoms with Gasteiger partial charge in [-0.3, -0.25) is 0 Å². The van der Waals surface area contributed by atoms with E-state index in [1.165, 1.54) is 18.2 Å². The molecule has 1 saturated carbocycles. The Labute approximate surface area is 123 Å². The summed E-state index contributed by atoms with van der Waals surface area (Å²) in [5, 5.41) is 18.9. The van der Waals surface area contributed by atoms with E-state index in [1.54, 1.807) is 0 Å². The van der Waals surface area contributed by atoms with Crippen molar-refractivity contribution in [3.8, 4) is 0 Å². The fourth-order valence-electron chi connectivity index (χ4n) is 2.49. The van der Waals surface area contributed by atoms with E-state index < -0.39 is 28.1 Å². The Hall–Kier alpha value is -1.44. The summed E-state index contributed by atoms with van der Waals surface area (Å²) in [6.07, 6.45) is 3.17. The van der Waals surface area contributed by atoms with Crippen LogP contribution in [0.25, 0.3) is 0 Å². The lowest BCUT2D eigenvalue weighted by Crippen LogP contribution is -2.42. The highest BCUT2D eigenvalue weighted by Gasteiger charge is 2.27. The van der Waals surface area contributed by atoms with Crippen molar-refractivity contribution in [3.05, 3.63) is 29.8 Å². The average Bonchev–Trinajstić information content (AvgIpc) is 2.64. The highest BCUT2D eigenvalue weighted by atomic mass is 32.2. The SMILES string of the molecule is O=C(O)c1cccc(S(=O)(=O)NC2CCCCCC2O)c1. The van der Waals surface area contributed by atoms with Gasteiger partial charge in [0.05, 0.1) is 16.6 Å². The van der Waals surface area contributed by atoms with E-state index in [-0.39, 0.29) is 10.5 Å². The van der Waals surface area contributed by atoms with Crippen molar-refractivity contribution in [3.63, 3.8) is 0 Å². The number of aromatic carboxylic acids is 1. The Morgan fingerprint density at radius 1 is 1.19 bits per heavy atom. The third-order valence-electron chi connectivity index (χ3n) is 3.68. The molecule has 0 spiro atoms. The fourth-order valence-corrected chi connectivity index (χ4v) is 3.84. The van der Waals surface area contributed by atoms with Crippen LogP contribution in [-0.2, 0) is 10.0 Å². The largest absolute Gasteiger partial charge is 0.478 e. The van der Waals surface area contributed by atoms with Crippen molar-refractivity contribution in [2.24, 2.45) is 0 Å². The first-order valence-corrected chi connectivity index (χ1v) is 8.42. The van der Waals surface area contributed by atoms with Crippen LogP contribution in [0.5, 0.6) is 0 Å². The number of carbonyl (C=O) groups is 1. The van der Waals surface area contributed by atoms with Crippen LogP contribution in [0.2, 0.25) is 0 Å². The van der Waals surface area contributed by atoms with Gasteiger partial charge in [-0.15, -0.1) is 0 Å². The third kappa shape index (κ3) is 4.03. The van der Waals surface area contributed by atoms with E-state index in [1.807, 2.05) is 0 Å². The molecule has 2 rings (SSSR count). The van der Waals surface area contributed by atoms with Crippen molar-refractivity contribution in [1.82, 2.24) is 4.72 Å². The summed E-state index contributed by atoms with van der Waals surface area (Å²) in [5.41, 5.74) is -0.0840. The van der Waals surface area contributed by atoms with Crippen LogP contribution in [0.3, 0.4) is 0 Å². The molecule has 116 valence electrons. The van der Waals surface area contributed by atoms with Gasteiger partial charge in [0.15, 0.2) is 0 Å². The summed E-state index contributed by atoms with van der Waals surface area (Å²) in [4.78, 5) is 10.8. The second-order valence-corrected chi connectivity index (χ2v) is 6.98. The van der Waals surface area contributed by atoms with Crippen molar-refractivity contribution in [1.29, 1.82) is 0 Å². The van der Waals surface area contributed by atoms with Crippen LogP contribution < -0.4 is 4.72 Å². The second kappa shape index (κ2) is 6.55. The Morgan fingerprint density at radius 2 is 1.90 bits per heavy atom. The van der Waals surface area contributed by atoms with Crippen LogP contribution in [-0.4, -0.2) is 36.7 Å². The minimum atomic E-state index is -3.84. The van der Waals surface area contributed by atoms with Crippen LogP contribution in [0.1, 0.15) is 42.5 Å². The molecule has 1 aromatic rings. The Kier molecular flexibility index (Phi) is 4.97. The molecule has 21 heavy (non-hydrogen) atoms. The first-order chi connectivity index (χ1) is 9.90. The molecule has 1 aromatic carbocycles. The predicted molar refractivity (Wildman–Crippen MR) is 76.6 cm³/mol. The lowest BCUT2D eigenvalue weighted by Gasteiger charge is -2.21. The maximum absolute atomic E-state index is 12.3. The lowest BCUT2D eigenvalue weighted by molar-refractivity contribution is 0.0696. The molecule has 1 aliphatic rings. The predicted octanol–water partition coefficient (Wildman–Crippen LogP) is 1.36. The molecule has 3 N–H and O–H groups in total. The molecule has 2 unspecified atom stereocenters. The average molecular weight is 313 g/mol. The van der Waals surface area contributed by atoms with Crippen molar-refractivity contribution in [2.45, 2.75) is 49.1 Å². The van der Waals surface area contributed by atoms with Gasteiger partial charge < -0.3 is 10.2 Å². The summed E-state index contributed by atoms with van der Waals surface area (Å²) >= 11 is 0. The third-order valence-corrected chi connectivity index (χ3v) is 5.16. The van der Waals surface area contributed by atoms with Crippen LogP contribution in [0, 0.1) is 0 Å². The molecule has 0 heterocycles. The summed E-state index contributed by atoms with van der Waals surface area (Å²) in [6.45, 7) is 0. The van der Waals surface area contributed by atoms with E-state index in [4.69, 9.17) is 5.11 Å². The van der Waals surface area contributed by atoms with Gasteiger partial charge in [0.25, 0.3) is 0 Å². The van der Waals surface area contributed by atoms with Crippen molar-refractivity contribution < 1.29 is 23.4 Å². The molecular weight excluding hydrogens is 294 g/mol. The lowest BCUT2D eigenvalue weighted by atomic mass is 10.1. The number of rotatable bonds is 4. The van der Waals surface area contributed by atoms with Gasteiger partial charge in [-0.25, -0.2) is 17.9 Å². The van der Waals surface area contributed by atoms with E-state index in [2.05, 4.69) is 4.72 Å². The molecule has 0 amide bonds. The van der Waals surface area contributed by atoms with Gasteiger partial charge in [-0.1, -0.05) is 25.3 Å². The topological polar surface area (TPSA) is 104 Å². The first kappa shape index (κ1) is 15.9. The molecule has 0 bridgehead atoms. The van der Waals surface area contributed by atoms with E-state index >= 15 is 0 Å². The fraction of sp³-hybridized carbons (Fsp3) is 0.500. The summed E-state index contributed by atoms with van der Waals surface area (Å²) in [6, 6.07) is 4.67. The quantitative estimate of drug-likeness (QED) is 0.728. The Morgan fingerprint density at radius 3 is 2.62 bits per heavy atom. The smallest absolute Gasteiger partial charge is 0.335 e. The van der Waals surface area contributed by atoms with Gasteiger partial charge in [0, 0.05) is 6.04 Å². The molecule has 2 atom stereocenters. The minimum Gasteiger partial charge on any atom is -0.478 e. The van der Waals surface area contributed by atoms with Crippen LogP contribution in [0.4, 0.5) is 0 Å². The molecule has 0 saturated heterocycles. The Bertz CT molecular complexity index is 614. The van der Waals surface area contributed by atoms with Crippen LogP contribution >= 0.6 is 0 Å². The molecule has 1 aliphatic carbocycles. The number of aliphatic hydroxyl groups is 1. The highest BCUT2D eigenvalue weighted by Crippen LogP contribution is 2.20. The summed E-state index contributed by atoms with van der Waals surface area (Å²) in [7, 11) is -3.84. The monoisotopic (exact) mass is 313 g/mol. The van der Waals surface area contributed by atoms with Crippen molar-refractivity contribution in [2.75, 3.05) is 0 Å². The van der Waals surface area contributed by atoms with Gasteiger partial charge in [0.2, 0.25) is 10.0 Å². The maximum atomic E-state index is 12.3. The molecule has 0 aliphatic heterocycles. The van der Waals surface area contributed by atoms with Gasteiger partial charge >= 0.3 is 5.97 Å². The number of hydrogen-bond acceptors (Lipinski definition) is 4. The summed E-state index contributed by atoms with van der Waals surface area (Å²) in [5.74, 6) is -1.18. The maximum Gasteiger partial charge on any atom is 0.335 e. The molecule has 6 nitrogen and oxygen atoms in total. The van der Waals surface area contributed by atoms with E-state index in [9.17, 15) is 18.3 Å². The standard InChI is InChI=1S/C14H19NO5S/c16-13-8-3-1-2-7-12(13)15-21(19,20)11-6-4-5-10(9-11)14(17)18/h4-6,9,12-13,15-16H,1-3,7-8H2,(H,17,18). The number of benzene rings is 1. The van der Waals surface area contributed by atoms with Gasteiger partial charge in [-0.2, -0.15) is 0 Å². The second-order valence-electron chi connectivity index (χ2n) is 5.27. The molecule has 0 aromatic heterocycles. The molecule has 0 radical (unpaired) electrons. The van der Waals surface area contributed by atoms with Crippen molar-refractivity contribution >= 4 is 16.0 Å². The van der Waals surface area contributed by atoms with Gasteiger partial charge in [0.1, 0.15) is 0 Å². The summed E-state index contributed by atoms with van der Waals surface area (Å²) < 4.78 is 27.1. The zero-order valence-corrected chi connectivity index (χ0v) is 12.3. The van der Waals surface area contributed by atoms with E-state index in [0.29, 0.717) is 12.8 Å². The number of sulfonamides is 1. The minimum absolute atomic E-state index is 0.0840. The number of aliphatic hydroxyl groups excluding tert-OH is 1. The molecule has 1 fully saturated rings. The number of carboxylic acids is 1. The normalized spacial score (nSPS) is 23.5. The zero-order valence-electron chi connectivity index (χ0n) is 11.5. The highest BCUT2D eigenvalue weighted by molar-refractivity contribution is 7.89. The number of hydrogen-bond donors (Lipinski definition) is 3. The number of carboxylic acid groups (broad SMARTS) is 1. The molecular formula is C14H19NO5S. The van der Waals surface area contributed by atoms with Gasteiger partial charge in [-0.05, 0) is 31.0 Å². The van der Waals surface area contributed by atoms with Crippen LogP contribution in [0.15, 0.2) is 29.2 Å².